The summed E-state index contributed by atoms with van der Waals surface area (Å²) in [7, 11) is -3.65. The van der Waals surface area contributed by atoms with Gasteiger partial charge < -0.3 is 0 Å². The molecular formula is C22H19N5O4S2. The highest BCUT2D eigenvalue weighted by Gasteiger charge is 2.17. The third kappa shape index (κ3) is 5.40. The van der Waals surface area contributed by atoms with E-state index in [0.717, 1.165) is 16.9 Å². The molecule has 1 aromatic carbocycles. The molecule has 168 valence electrons. The number of carbonyl (C=O) groups is 2. The monoisotopic (exact) mass is 481 g/mol. The van der Waals surface area contributed by atoms with E-state index in [2.05, 4.69) is 25.5 Å². The highest BCUT2D eigenvalue weighted by molar-refractivity contribution is 7.91. The summed E-state index contributed by atoms with van der Waals surface area (Å²) < 4.78 is 26.7. The molecule has 4 aromatic rings. The molecule has 11 heteroatoms. The zero-order valence-corrected chi connectivity index (χ0v) is 18.8. The van der Waals surface area contributed by atoms with Crippen LogP contribution in [0.2, 0.25) is 0 Å². The Hall–Kier alpha value is -3.67. The maximum absolute atomic E-state index is 12.9. The van der Waals surface area contributed by atoms with E-state index in [1.807, 2.05) is 12.1 Å². The van der Waals surface area contributed by atoms with Gasteiger partial charge in [-0.2, -0.15) is 0 Å². The average molecular weight is 482 g/mol. The predicted molar refractivity (Wildman–Crippen MR) is 125 cm³/mol. The fourth-order valence-electron chi connectivity index (χ4n) is 3.07. The Morgan fingerprint density at radius 3 is 2.61 bits per heavy atom. The Bertz CT molecular complexity index is 1390. The fraction of sp³-hybridized carbons (Fsp3) is 0.0909. The van der Waals surface area contributed by atoms with Gasteiger partial charge >= 0.3 is 0 Å². The van der Waals surface area contributed by atoms with Crippen LogP contribution in [0.15, 0.2) is 76.6 Å². The minimum absolute atomic E-state index is 0.106. The van der Waals surface area contributed by atoms with Gasteiger partial charge in [-0.3, -0.25) is 25.4 Å². The van der Waals surface area contributed by atoms with Crippen LogP contribution in [0.25, 0.3) is 22.2 Å². The maximum atomic E-state index is 12.9. The largest absolute Gasteiger partial charge is 0.273 e. The highest BCUT2D eigenvalue weighted by atomic mass is 32.2. The van der Waals surface area contributed by atoms with Gasteiger partial charge in [0.1, 0.15) is 4.21 Å². The number of pyridine rings is 2. The van der Waals surface area contributed by atoms with Gasteiger partial charge in [-0.05, 0) is 35.7 Å². The zero-order chi connectivity index (χ0) is 23.3. The maximum Gasteiger partial charge on any atom is 0.270 e. The molecule has 0 unspecified atom stereocenters. The van der Waals surface area contributed by atoms with Crippen LogP contribution in [-0.4, -0.2) is 36.7 Å². The molecule has 0 aliphatic carbocycles. The van der Waals surface area contributed by atoms with Crippen LogP contribution < -0.4 is 15.6 Å². The molecule has 3 N–H and O–H groups in total. The summed E-state index contributed by atoms with van der Waals surface area (Å²) in [5, 5.41) is 2.28. The Kier molecular flexibility index (Phi) is 6.73. The molecule has 0 fully saturated rings. The summed E-state index contributed by atoms with van der Waals surface area (Å²) in [5.74, 6) is -1.06. The van der Waals surface area contributed by atoms with Crippen molar-refractivity contribution in [1.29, 1.82) is 0 Å². The molecule has 0 radical (unpaired) electrons. The minimum Gasteiger partial charge on any atom is -0.273 e. The van der Waals surface area contributed by atoms with Crippen LogP contribution in [0.3, 0.4) is 0 Å². The van der Waals surface area contributed by atoms with Crippen LogP contribution in [0.1, 0.15) is 16.8 Å². The molecule has 0 spiro atoms. The van der Waals surface area contributed by atoms with Crippen LogP contribution in [0.4, 0.5) is 0 Å². The second kappa shape index (κ2) is 9.86. The van der Waals surface area contributed by atoms with Crippen molar-refractivity contribution in [3.8, 4) is 11.3 Å². The molecule has 4 rings (SSSR count). The van der Waals surface area contributed by atoms with Gasteiger partial charge in [0.25, 0.3) is 5.91 Å². The van der Waals surface area contributed by atoms with Crippen molar-refractivity contribution in [3.05, 3.63) is 77.9 Å². The number of amides is 2. The number of rotatable bonds is 7. The number of hydrogen-bond acceptors (Lipinski definition) is 7. The van der Waals surface area contributed by atoms with Gasteiger partial charge in [0.15, 0.2) is 0 Å². The summed E-state index contributed by atoms with van der Waals surface area (Å²) in [4.78, 5) is 33.7. The van der Waals surface area contributed by atoms with Crippen molar-refractivity contribution in [1.82, 2.24) is 25.5 Å². The van der Waals surface area contributed by atoms with Crippen LogP contribution >= 0.6 is 11.3 Å². The van der Waals surface area contributed by atoms with E-state index in [1.165, 1.54) is 6.07 Å². The number of thiophene rings is 1. The van der Waals surface area contributed by atoms with Crippen molar-refractivity contribution in [2.45, 2.75) is 10.6 Å². The Morgan fingerprint density at radius 2 is 1.85 bits per heavy atom. The summed E-state index contributed by atoms with van der Waals surface area (Å²) in [6.45, 7) is -0.106. The van der Waals surface area contributed by atoms with E-state index < -0.39 is 21.8 Å². The first-order chi connectivity index (χ1) is 15.9. The predicted octanol–water partition coefficient (Wildman–Crippen LogP) is 2.49. The lowest BCUT2D eigenvalue weighted by Crippen LogP contribution is -2.42. The van der Waals surface area contributed by atoms with Crippen molar-refractivity contribution in [2.24, 2.45) is 0 Å². The smallest absolute Gasteiger partial charge is 0.270 e. The lowest BCUT2D eigenvalue weighted by Gasteiger charge is -2.11. The molecule has 33 heavy (non-hydrogen) atoms. The van der Waals surface area contributed by atoms with Crippen molar-refractivity contribution < 1.29 is 18.0 Å². The Labute approximate surface area is 193 Å². The molecule has 3 heterocycles. The molecule has 3 aromatic heterocycles. The molecule has 0 bridgehead atoms. The molecule has 0 saturated carbocycles. The van der Waals surface area contributed by atoms with Crippen molar-refractivity contribution in [2.75, 3.05) is 6.54 Å². The van der Waals surface area contributed by atoms with E-state index in [1.54, 1.807) is 54.2 Å². The van der Waals surface area contributed by atoms with Crippen LogP contribution in [0, 0.1) is 0 Å². The lowest BCUT2D eigenvalue weighted by molar-refractivity contribution is -0.121. The molecule has 0 aliphatic rings. The SMILES string of the molecule is O=C(CCNS(=O)(=O)c1cccs1)NNC(=O)c1cc(-c2cccnc2)nc2ccccc12. The summed E-state index contributed by atoms with van der Waals surface area (Å²) >= 11 is 1.08. The first kappa shape index (κ1) is 22.5. The van der Waals surface area contributed by atoms with Crippen molar-refractivity contribution >= 4 is 44.1 Å². The lowest BCUT2D eigenvalue weighted by atomic mass is 10.0. The molecule has 9 nitrogen and oxygen atoms in total. The zero-order valence-electron chi connectivity index (χ0n) is 17.2. The summed E-state index contributed by atoms with van der Waals surface area (Å²) in [6, 6.07) is 15.5. The summed E-state index contributed by atoms with van der Waals surface area (Å²) in [5.41, 5.74) is 6.99. The number of para-hydroxylation sites is 1. The third-order valence-electron chi connectivity index (χ3n) is 4.64. The number of sulfonamides is 1. The van der Waals surface area contributed by atoms with Gasteiger partial charge in [0, 0.05) is 36.3 Å². The van der Waals surface area contributed by atoms with Gasteiger partial charge in [-0.1, -0.05) is 24.3 Å². The summed E-state index contributed by atoms with van der Waals surface area (Å²) in [6.07, 6.45) is 3.15. The first-order valence-corrected chi connectivity index (χ1v) is 12.2. The number of hydrogen-bond donors (Lipinski definition) is 3. The average Bonchev–Trinajstić information content (AvgIpc) is 3.38. The Morgan fingerprint density at radius 1 is 1.00 bits per heavy atom. The van der Waals surface area contributed by atoms with E-state index in [4.69, 9.17) is 0 Å². The number of nitrogens with one attached hydrogen (secondary N) is 3. The van der Waals surface area contributed by atoms with Crippen LogP contribution in [-0.2, 0) is 14.8 Å². The highest BCUT2D eigenvalue weighted by Crippen LogP contribution is 2.24. The molecule has 0 atom stereocenters. The molecule has 2 amide bonds. The van der Waals surface area contributed by atoms with E-state index in [9.17, 15) is 18.0 Å². The van der Waals surface area contributed by atoms with E-state index in [-0.39, 0.29) is 17.2 Å². The quantitative estimate of drug-likeness (QED) is 0.348. The number of benzene rings is 1. The van der Waals surface area contributed by atoms with Gasteiger partial charge in [0.2, 0.25) is 15.9 Å². The minimum atomic E-state index is -3.65. The second-order valence-electron chi connectivity index (χ2n) is 6.90. The van der Waals surface area contributed by atoms with E-state index in [0.29, 0.717) is 22.2 Å². The van der Waals surface area contributed by atoms with Gasteiger partial charge in [-0.25, -0.2) is 18.1 Å². The van der Waals surface area contributed by atoms with E-state index >= 15 is 0 Å². The third-order valence-corrected chi connectivity index (χ3v) is 7.50. The van der Waals surface area contributed by atoms with Gasteiger partial charge in [0.05, 0.1) is 16.8 Å². The fourth-order valence-corrected chi connectivity index (χ4v) is 5.14. The first-order valence-electron chi connectivity index (χ1n) is 9.86. The standard InChI is InChI=1S/C22H19N5O4S2/c28-20(9-11-24-33(30,31)21-8-4-12-32-21)26-27-22(29)17-13-19(15-5-3-10-23-14-15)25-18-7-2-1-6-16(17)18/h1-8,10,12-14,24H,9,11H2,(H,26,28)(H,27,29). The second-order valence-corrected chi connectivity index (χ2v) is 9.84. The van der Waals surface area contributed by atoms with Crippen LogP contribution in [0.5, 0.6) is 0 Å². The normalized spacial score (nSPS) is 11.3. The molecule has 0 saturated heterocycles. The number of nitrogens with zero attached hydrogens (tertiary/aromatic N) is 2. The Balaban J connectivity index is 1.42. The molecule has 0 aliphatic heterocycles. The van der Waals surface area contributed by atoms with Gasteiger partial charge in [-0.15, -0.1) is 11.3 Å². The number of carbonyl (C=O) groups excluding carboxylic acids is 2. The number of fused-ring (bicyclic) bond motifs is 1. The van der Waals surface area contributed by atoms with Crippen molar-refractivity contribution in [3.63, 3.8) is 0 Å². The topological polar surface area (TPSA) is 130 Å². The number of aromatic nitrogens is 2. The molecular weight excluding hydrogens is 462 g/mol. The number of hydrazine groups is 1.